The van der Waals surface area contributed by atoms with Gasteiger partial charge in [0.15, 0.2) is 0 Å². The van der Waals surface area contributed by atoms with E-state index in [9.17, 15) is 0 Å². The second kappa shape index (κ2) is 5.31. The molecule has 3 aromatic rings. The normalized spacial score (nSPS) is 16.0. The van der Waals surface area contributed by atoms with Crippen LogP contribution in [0.4, 0.5) is 0 Å². The van der Waals surface area contributed by atoms with E-state index in [1.54, 1.807) is 12.3 Å². The Morgan fingerprint density at radius 1 is 1.00 bits per heavy atom. The summed E-state index contributed by atoms with van der Waals surface area (Å²) in [6, 6.07) is 12.1. The summed E-state index contributed by atoms with van der Waals surface area (Å²) in [5, 5.41) is 1.31. The van der Waals surface area contributed by atoms with Crippen LogP contribution in [-0.4, -0.2) is 9.55 Å². The minimum atomic E-state index is -0.0199. The van der Waals surface area contributed by atoms with Crippen molar-refractivity contribution in [2.75, 3.05) is 0 Å². The van der Waals surface area contributed by atoms with Crippen LogP contribution in [-0.2, 0) is 0 Å². The summed E-state index contributed by atoms with van der Waals surface area (Å²) in [7, 11) is 0. The van der Waals surface area contributed by atoms with Crippen molar-refractivity contribution in [1.29, 1.82) is 0 Å². The van der Waals surface area contributed by atoms with Crippen molar-refractivity contribution >= 4 is 35.4 Å². The number of hydrogen-bond donors (Lipinski definition) is 0. The Kier molecular flexibility index (Phi) is 3.29. The van der Waals surface area contributed by atoms with Crippen molar-refractivity contribution in [1.82, 2.24) is 9.55 Å². The molecule has 1 unspecified atom stereocenters. The molecule has 2 nitrogen and oxygen atoms in total. The second-order valence-electron chi connectivity index (χ2n) is 5.27. The lowest BCUT2D eigenvalue weighted by molar-refractivity contribution is 0.676. The highest BCUT2D eigenvalue weighted by Gasteiger charge is 2.25. The summed E-state index contributed by atoms with van der Waals surface area (Å²) in [4.78, 5) is 4.19. The van der Waals surface area contributed by atoms with Gasteiger partial charge in [-0.3, -0.25) is 0 Å². The van der Waals surface area contributed by atoms with Crippen molar-refractivity contribution < 1.29 is 0 Å². The fraction of sp³-hybridized carbons (Fsp3) is 0.0556. The lowest BCUT2D eigenvalue weighted by Crippen LogP contribution is -2.13. The molecule has 0 aliphatic heterocycles. The molecule has 1 aliphatic rings. The third-order valence-electron chi connectivity index (χ3n) is 3.96. The van der Waals surface area contributed by atoms with Gasteiger partial charge in [-0.25, -0.2) is 4.98 Å². The van der Waals surface area contributed by atoms with E-state index >= 15 is 0 Å². The first kappa shape index (κ1) is 13.6. The van der Waals surface area contributed by atoms with Crippen LogP contribution in [0, 0.1) is 0 Å². The molecule has 0 saturated carbocycles. The Morgan fingerprint density at radius 3 is 2.64 bits per heavy atom. The van der Waals surface area contributed by atoms with E-state index < -0.39 is 0 Å². The molecule has 1 aliphatic carbocycles. The minimum absolute atomic E-state index is 0.0199. The highest BCUT2D eigenvalue weighted by molar-refractivity contribution is 6.35. The van der Waals surface area contributed by atoms with Crippen molar-refractivity contribution in [2.45, 2.75) is 6.04 Å². The van der Waals surface area contributed by atoms with Gasteiger partial charge >= 0.3 is 0 Å². The van der Waals surface area contributed by atoms with E-state index in [1.807, 2.05) is 30.7 Å². The van der Waals surface area contributed by atoms with Gasteiger partial charge in [0.2, 0.25) is 0 Å². The predicted octanol–water partition coefficient (Wildman–Crippen LogP) is 5.31. The fourth-order valence-corrected chi connectivity index (χ4v) is 3.62. The van der Waals surface area contributed by atoms with Gasteiger partial charge < -0.3 is 4.57 Å². The molecule has 1 heterocycles. The molecule has 22 heavy (non-hydrogen) atoms. The van der Waals surface area contributed by atoms with Crippen LogP contribution in [0.2, 0.25) is 10.0 Å². The molecular formula is C18H12Cl2N2. The Bertz CT molecular complexity index is 867. The van der Waals surface area contributed by atoms with Crippen LogP contribution in [0.3, 0.4) is 0 Å². The lowest BCUT2D eigenvalue weighted by Gasteiger charge is -2.23. The van der Waals surface area contributed by atoms with Crippen LogP contribution in [0.1, 0.15) is 28.3 Å². The number of aromatic nitrogens is 2. The highest BCUT2D eigenvalue weighted by atomic mass is 35.5. The quantitative estimate of drug-likeness (QED) is 0.463. The molecule has 4 rings (SSSR count). The molecule has 2 aromatic carbocycles. The summed E-state index contributed by atoms with van der Waals surface area (Å²) < 4.78 is 2.07. The Balaban J connectivity index is 2.07. The van der Waals surface area contributed by atoms with Gasteiger partial charge in [0.05, 0.1) is 12.4 Å². The topological polar surface area (TPSA) is 17.8 Å². The first-order valence-corrected chi connectivity index (χ1v) is 7.73. The van der Waals surface area contributed by atoms with Crippen LogP contribution in [0.15, 0.2) is 55.1 Å². The monoisotopic (exact) mass is 326 g/mol. The van der Waals surface area contributed by atoms with Crippen molar-refractivity contribution in [3.05, 3.63) is 87.4 Å². The Morgan fingerprint density at radius 2 is 1.82 bits per heavy atom. The average Bonchev–Trinajstić information content (AvgIpc) is 2.97. The number of benzene rings is 2. The molecule has 0 spiro atoms. The maximum Gasteiger partial charge on any atom is 0.0954 e. The smallest absolute Gasteiger partial charge is 0.0954 e. The van der Waals surface area contributed by atoms with E-state index in [-0.39, 0.29) is 6.04 Å². The Labute approximate surface area is 138 Å². The second-order valence-corrected chi connectivity index (χ2v) is 6.11. The van der Waals surface area contributed by atoms with Crippen molar-refractivity contribution in [2.24, 2.45) is 0 Å². The number of halogens is 2. The first-order valence-electron chi connectivity index (χ1n) is 6.97. The largest absolute Gasteiger partial charge is 0.326 e. The van der Waals surface area contributed by atoms with Gasteiger partial charge in [-0.15, -0.1) is 0 Å². The van der Waals surface area contributed by atoms with Crippen molar-refractivity contribution in [3.63, 3.8) is 0 Å². The number of nitrogens with zero attached hydrogens (tertiary/aromatic N) is 2. The number of hydrogen-bond acceptors (Lipinski definition) is 1. The summed E-state index contributed by atoms with van der Waals surface area (Å²) in [6.45, 7) is 0. The van der Waals surface area contributed by atoms with E-state index in [0.29, 0.717) is 10.0 Å². The molecule has 0 bridgehead atoms. The maximum absolute atomic E-state index is 6.55. The van der Waals surface area contributed by atoms with Gasteiger partial charge in [-0.05, 0) is 28.8 Å². The summed E-state index contributed by atoms with van der Waals surface area (Å²) in [5.74, 6) is 0. The van der Waals surface area contributed by atoms with Gasteiger partial charge in [0.1, 0.15) is 0 Å². The van der Waals surface area contributed by atoms with Gasteiger partial charge in [-0.2, -0.15) is 0 Å². The van der Waals surface area contributed by atoms with E-state index in [0.717, 1.165) is 11.1 Å². The molecule has 1 aromatic heterocycles. The van der Waals surface area contributed by atoms with Crippen LogP contribution in [0.25, 0.3) is 12.2 Å². The fourth-order valence-electron chi connectivity index (χ4n) is 3.01. The van der Waals surface area contributed by atoms with Crippen LogP contribution >= 0.6 is 23.2 Å². The summed E-state index contributed by atoms with van der Waals surface area (Å²) in [5.41, 5.74) is 4.45. The van der Waals surface area contributed by atoms with Crippen LogP contribution in [0.5, 0.6) is 0 Å². The van der Waals surface area contributed by atoms with Crippen LogP contribution < -0.4 is 0 Å². The molecule has 4 heteroatoms. The van der Waals surface area contributed by atoms with E-state index in [1.165, 1.54) is 11.1 Å². The maximum atomic E-state index is 6.55. The molecular weight excluding hydrogens is 315 g/mol. The van der Waals surface area contributed by atoms with Gasteiger partial charge in [0, 0.05) is 28.0 Å². The SMILES string of the molecule is Clc1cc(Cl)c2c(c1)C=Cc1ccccc1C2n1ccnc1. The van der Waals surface area contributed by atoms with E-state index in [4.69, 9.17) is 23.2 Å². The standard InChI is InChI=1S/C18H12Cl2N2/c19-14-9-13-6-5-12-3-1-2-4-15(12)18(17(13)16(20)10-14)22-8-7-21-11-22/h1-11,18H. The number of fused-ring (bicyclic) bond motifs is 2. The Hall–Kier alpha value is -2.03. The van der Waals surface area contributed by atoms with Crippen molar-refractivity contribution in [3.8, 4) is 0 Å². The first-order chi connectivity index (χ1) is 10.7. The molecule has 0 fully saturated rings. The summed E-state index contributed by atoms with van der Waals surface area (Å²) in [6.07, 6.45) is 9.74. The van der Waals surface area contributed by atoms with Gasteiger partial charge in [-0.1, -0.05) is 59.6 Å². The predicted molar refractivity (Wildman–Crippen MR) is 91.3 cm³/mol. The minimum Gasteiger partial charge on any atom is -0.326 e. The molecule has 1 atom stereocenters. The molecule has 108 valence electrons. The zero-order chi connectivity index (χ0) is 15.1. The van der Waals surface area contributed by atoms with Gasteiger partial charge in [0.25, 0.3) is 0 Å². The highest BCUT2D eigenvalue weighted by Crippen LogP contribution is 2.40. The molecule has 0 saturated heterocycles. The zero-order valence-corrected chi connectivity index (χ0v) is 13.1. The molecule has 0 amide bonds. The third-order valence-corrected chi connectivity index (χ3v) is 4.49. The molecule has 0 radical (unpaired) electrons. The molecule has 0 N–H and O–H groups in total. The third kappa shape index (κ3) is 2.16. The number of rotatable bonds is 1. The average molecular weight is 327 g/mol. The summed E-state index contributed by atoms with van der Waals surface area (Å²) >= 11 is 12.7. The van der Waals surface area contributed by atoms with E-state index in [2.05, 4.69) is 33.8 Å². The zero-order valence-electron chi connectivity index (χ0n) is 11.6. The number of imidazole rings is 1. The lowest BCUT2D eigenvalue weighted by atomic mass is 9.94.